The number of nitrogens with one attached hydrogen (secondary N) is 1. The predicted octanol–water partition coefficient (Wildman–Crippen LogP) is 1.62. The van der Waals surface area contributed by atoms with Gasteiger partial charge in [0.25, 0.3) is 0 Å². The molecule has 0 amide bonds. The minimum Gasteiger partial charge on any atom is -0.308 e. The van der Waals surface area contributed by atoms with Gasteiger partial charge >= 0.3 is 0 Å². The van der Waals surface area contributed by atoms with Crippen molar-refractivity contribution >= 4 is 0 Å². The van der Waals surface area contributed by atoms with Crippen molar-refractivity contribution in [3.05, 3.63) is 30.1 Å². The van der Waals surface area contributed by atoms with Crippen LogP contribution in [0.4, 0.5) is 0 Å². The molecule has 0 aliphatic heterocycles. The number of allylic oxidation sites excluding steroid dienone is 1. The molecule has 1 aliphatic carbocycles. The van der Waals surface area contributed by atoms with Gasteiger partial charge in [-0.05, 0) is 25.3 Å². The molecule has 14 heavy (non-hydrogen) atoms. The summed E-state index contributed by atoms with van der Waals surface area (Å²) in [6, 6.07) is 2.71. The number of aromatic nitrogens is 2. The normalized spacial score (nSPS) is 21.4. The van der Waals surface area contributed by atoms with E-state index in [2.05, 4.69) is 28.6 Å². The van der Waals surface area contributed by atoms with Crippen molar-refractivity contribution in [1.29, 1.82) is 0 Å². The van der Waals surface area contributed by atoms with E-state index in [-0.39, 0.29) is 0 Å². The van der Waals surface area contributed by atoms with Gasteiger partial charge in [-0.3, -0.25) is 4.68 Å². The third-order valence-electron chi connectivity index (χ3n) is 2.76. The fourth-order valence-corrected chi connectivity index (χ4v) is 1.80. The second-order valence-electron chi connectivity index (χ2n) is 3.81. The lowest BCUT2D eigenvalue weighted by Crippen LogP contribution is -2.29. The molecular formula is C11H17N3. The Morgan fingerprint density at radius 3 is 3.14 bits per heavy atom. The SMILES string of the molecule is Cn1nccc1CNC1CC=CCC1. The van der Waals surface area contributed by atoms with Crippen LogP contribution < -0.4 is 5.32 Å². The Hall–Kier alpha value is -1.09. The second-order valence-corrected chi connectivity index (χ2v) is 3.81. The first kappa shape index (κ1) is 9.46. The lowest BCUT2D eigenvalue weighted by atomic mass is 10.0. The Balaban J connectivity index is 1.82. The van der Waals surface area contributed by atoms with Crippen LogP contribution in [0.5, 0.6) is 0 Å². The van der Waals surface area contributed by atoms with E-state index >= 15 is 0 Å². The van der Waals surface area contributed by atoms with Crippen molar-refractivity contribution in [2.45, 2.75) is 31.8 Å². The van der Waals surface area contributed by atoms with Crippen LogP contribution in [0.3, 0.4) is 0 Å². The van der Waals surface area contributed by atoms with E-state index in [0.717, 1.165) is 13.0 Å². The standard InChI is InChI=1S/C11H17N3/c1-14-11(7-8-13-14)9-12-10-5-3-2-4-6-10/h2-3,7-8,10,12H,4-6,9H2,1H3. The van der Waals surface area contributed by atoms with E-state index in [1.165, 1.54) is 18.5 Å². The van der Waals surface area contributed by atoms with Gasteiger partial charge in [0.05, 0.1) is 5.69 Å². The number of nitrogens with zero attached hydrogens (tertiary/aromatic N) is 2. The van der Waals surface area contributed by atoms with Crippen molar-refractivity contribution in [3.8, 4) is 0 Å². The topological polar surface area (TPSA) is 29.9 Å². The van der Waals surface area contributed by atoms with Crippen LogP contribution in [0.15, 0.2) is 24.4 Å². The summed E-state index contributed by atoms with van der Waals surface area (Å²) >= 11 is 0. The minimum atomic E-state index is 0.648. The highest BCUT2D eigenvalue weighted by molar-refractivity contribution is 5.00. The van der Waals surface area contributed by atoms with Gasteiger partial charge < -0.3 is 5.32 Å². The van der Waals surface area contributed by atoms with Gasteiger partial charge in [-0.15, -0.1) is 0 Å². The molecule has 76 valence electrons. The van der Waals surface area contributed by atoms with Crippen LogP contribution in [0.2, 0.25) is 0 Å². The first-order chi connectivity index (χ1) is 6.86. The second kappa shape index (κ2) is 4.42. The Morgan fingerprint density at radius 2 is 2.50 bits per heavy atom. The van der Waals surface area contributed by atoms with Gasteiger partial charge in [-0.1, -0.05) is 12.2 Å². The summed E-state index contributed by atoms with van der Waals surface area (Å²) in [5, 5.41) is 7.70. The lowest BCUT2D eigenvalue weighted by Gasteiger charge is -2.19. The molecule has 1 N–H and O–H groups in total. The van der Waals surface area contributed by atoms with Crippen LogP contribution in [0.1, 0.15) is 25.0 Å². The van der Waals surface area contributed by atoms with Crippen LogP contribution >= 0.6 is 0 Å². The minimum absolute atomic E-state index is 0.648. The molecule has 1 aliphatic rings. The van der Waals surface area contributed by atoms with Crippen molar-refractivity contribution in [2.75, 3.05) is 0 Å². The Kier molecular flexibility index (Phi) is 2.99. The van der Waals surface area contributed by atoms with Gasteiger partial charge in [0.2, 0.25) is 0 Å². The third kappa shape index (κ3) is 2.23. The molecule has 1 atom stereocenters. The molecule has 0 spiro atoms. The highest BCUT2D eigenvalue weighted by Gasteiger charge is 2.09. The number of rotatable bonds is 3. The fraction of sp³-hybridized carbons (Fsp3) is 0.545. The first-order valence-electron chi connectivity index (χ1n) is 5.21. The Bertz CT molecular complexity index is 314. The smallest absolute Gasteiger partial charge is 0.0518 e. The van der Waals surface area contributed by atoms with Crippen molar-refractivity contribution in [1.82, 2.24) is 15.1 Å². The maximum Gasteiger partial charge on any atom is 0.0518 e. The molecule has 1 heterocycles. The first-order valence-corrected chi connectivity index (χ1v) is 5.21. The number of aryl methyl sites for hydroxylation is 1. The van der Waals surface area contributed by atoms with Crippen LogP contribution in [-0.4, -0.2) is 15.8 Å². The zero-order chi connectivity index (χ0) is 9.80. The number of hydrogen-bond donors (Lipinski definition) is 1. The van der Waals surface area contributed by atoms with E-state index in [1.54, 1.807) is 0 Å². The van der Waals surface area contributed by atoms with Crippen LogP contribution in [0, 0.1) is 0 Å². The Labute approximate surface area is 84.8 Å². The zero-order valence-corrected chi connectivity index (χ0v) is 8.61. The number of hydrogen-bond acceptors (Lipinski definition) is 2. The summed E-state index contributed by atoms with van der Waals surface area (Å²) in [5.74, 6) is 0. The van der Waals surface area contributed by atoms with Crippen LogP contribution in [0.25, 0.3) is 0 Å². The van der Waals surface area contributed by atoms with Crippen LogP contribution in [-0.2, 0) is 13.6 Å². The predicted molar refractivity (Wildman–Crippen MR) is 56.8 cm³/mol. The highest BCUT2D eigenvalue weighted by atomic mass is 15.3. The molecule has 3 heteroatoms. The molecule has 0 radical (unpaired) electrons. The molecule has 0 bridgehead atoms. The fourth-order valence-electron chi connectivity index (χ4n) is 1.80. The average molecular weight is 191 g/mol. The quantitative estimate of drug-likeness (QED) is 0.736. The molecule has 2 rings (SSSR count). The lowest BCUT2D eigenvalue weighted by molar-refractivity contribution is 0.464. The van der Waals surface area contributed by atoms with Gasteiger partial charge in [0, 0.05) is 25.8 Å². The van der Waals surface area contributed by atoms with Gasteiger partial charge in [0.1, 0.15) is 0 Å². The van der Waals surface area contributed by atoms with Gasteiger partial charge in [-0.25, -0.2) is 0 Å². The summed E-state index contributed by atoms with van der Waals surface area (Å²) < 4.78 is 1.92. The summed E-state index contributed by atoms with van der Waals surface area (Å²) in [6.07, 6.45) is 10.0. The molecule has 0 fully saturated rings. The Morgan fingerprint density at radius 1 is 1.57 bits per heavy atom. The van der Waals surface area contributed by atoms with E-state index in [4.69, 9.17) is 0 Å². The molecule has 0 saturated carbocycles. The summed E-state index contributed by atoms with van der Waals surface area (Å²) in [7, 11) is 1.98. The molecule has 0 aromatic carbocycles. The molecule has 1 unspecified atom stereocenters. The molecule has 0 saturated heterocycles. The van der Waals surface area contributed by atoms with Crippen molar-refractivity contribution in [3.63, 3.8) is 0 Å². The molecule has 3 nitrogen and oxygen atoms in total. The summed E-state index contributed by atoms with van der Waals surface area (Å²) in [5.41, 5.74) is 1.25. The van der Waals surface area contributed by atoms with Gasteiger partial charge in [0.15, 0.2) is 0 Å². The van der Waals surface area contributed by atoms with Crippen molar-refractivity contribution < 1.29 is 0 Å². The summed E-state index contributed by atoms with van der Waals surface area (Å²) in [4.78, 5) is 0. The molecule has 1 aromatic rings. The average Bonchev–Trinajstić information content (AvgIpc) is 2.63. The van der Waals surface area contributed by atoms with Gasteiger partial charge in [-0.2, -0.15) is 5.10 Å². The largest absolute Gasteiger partial charge is 0.308 e. The third-order valence-corrected chi connectivity index (χ3v) is 2.76. The maximum atomic E-state index is 4.14. The van der Waals surface area contributed by atoms with E-state index in [1.807, 2.05) is 17.9 Å². The highest BCUT2D eigenvalue weighted by Crippen LogP contribution is 2.11. The van der Waals surface area contributed by atoms with E-state index < -0.39 is 0 Å². The van der Waals surface area contributed by atoms with Crippen molar-refractivity contribution in [2.24, 2.45) is 7.05 Å². The monoisotopic (exact) mass is 191 g/mol. The van der Waals surface area contributed by atoms with E-state index in [0.29, 0.717) is 6.04 Å². The van der Waals surface area contributed by atoms with E-state index in [9.17, 15) is 0 Å². The summed E-state index contributed by atoms with van der Waals surface area (Å²) in [6.45, 7) is 0.926. The zero-order valence-electron chi connectivity index (χ0n) is 8.61. The molecular weight excluding hydrogens is 174 g/mol. The molecule has 1 aromatic heterocycles. The maximum absolute atomic E-state index is 4.14.